The number of likely N-dealkylation sites (tertiary alicyclic amines) is 1. The van der Waals surface area contributed by atoms with Crippen molar-refractivity contribution in [3.63, 3.8) is 0 Å². The molecule has 0 spiro atoms. The van der Waals surface area contributed by atoms with Crippen LogP contribution in [0.5, 0.6) is 0 Å². The van der Waals surface area contributed by atoms with E-state index in [-0.39, 0.29) is 12.1 Å². The van der Waals surface area contributed by atoms with Crippen molar-refractivity contribution in [2.75, 3.05) is 13.1 Å². The quantitative estimate of drug-likeness (QED) is 0.791. The van der Waals surface area contributed by atoms with E-state index in [2.05, 4.69) is 12.1 Å². The third-order valence-electron chi connectivity index (χ3n) is 4.23. The molecule has 1 aromatic carbocycles. The first kappa shape index (κ1) is 13.4. The van der Waals surface area contributed by atoms with Crippen LogP contribution in [0.4, 0.5) is 4.79 Å². The number of hydrogen-bond acceptors (Lipinski definition) is 3. The van der Waals surface area contributed by atoms with Gasteiger partial charge in [-0.25, -0.2) is 4.79 Å². The van der Waals surface area contributed by atoms with Crippen LogP contribution in [-0.2, 0) is 4.74 Å². The molecule has 1 amide bonds. The van der Waals surface area contributed by atoms with Gasteiger partial charge in [0.25, 0.3) is 0 Å². The molecular weight excluding hydrogens is 252 g/mol. The summed E-state index contributed by atoms with van der Waals surface area (Å²) in [5, 5.41) is 0. The molecule has 1 fully saturated rings. The van der Waals surface area contributed by atoms with Crippen molar-refractivity contribution in [1.82, 2.24) is 4.90 Å². The van der Waals surface area contributed by atoms with Crippen LogP contribution in [0.1, 0.15) is 43.9 Å². The van der Waals surface area contributed by atoms with Crippen molar-refractivity contribution < 1.29 is 9.53 Å². The maximum absolute atomic E-state index is 12.2. The van der Waals surface area contributed by atoms with Crippen LogP contribution >= 0.6 is 0 Å². The van der Waals surface area contributed by atoms with Crippen LogP contribution in [0.2, 0.25) is 0 Å². The van der Waals surface area contributed by atoms with Gasteiger partial charge < -0.3 is 15.4 Å². The van der Waals surface area contributed by atoms with Crippen molar-refractivity contribution in [2.45, 2.75) is 38.3 Å². The lowest BCUT2D eigenvalue weighted by Crippen LogP contribution is -2.36. The molecule has 3 unspecified atom stereocenters. The molecule has 1 aliphatic heterocycles. The van der Waals surface area contributed by atoms with E-state index in [4.69, 9.17) is 10.5 Å². The molecule has 1 aliphatic carbocycles. The van der Waals surface area contributed by atoms with Gasteiger partial charge in [0.2, 0.25) is 0 Å². The average molecular weight is 274 g/mol. The summed E-state index contributed by atoms with van der Waals surface area (Å²) in [7, 11) is 0. The highest BCUT2D eigenvalue weighted by atomic mass is 16.6. The Balaban J connectivity index is 1.77. The summed E-state index contributed by atoms with van der Waals surface area (Å²) in [5.74, 6) is 0.675. The number of carbonyl (C=O) groups excluding carboxylic acids is 1. The number of fused-ring (bicyclic) bond motifs is 3. The molecule has 4 nitrogen and oxygen atoms in total. The summed E-state index contributed by atoms with van der Waals surface area (Å²) in [6.45, 7) is 7.08. The van der Waals surface area contributed by atoms with Crippen LogP contribution in [0.3, 0.4) is 0 Å². The van der Waals surface area contributed by atoms with Gasteiger partial charge in [-0.05, 0) is 31.9 Å². The lowest BCUT2D eigenvalue weighted by atomic mass is 9.95. The predicted molar refractivity (Wildman–Crippen MR) is 77.4 cm³/mol. The molecule has 0 saturated carbocycles. The summed E-state index contributed by atoms with van der Waals surface area (Å²) >= 11 is 0. The van der Waals surface area contributed by atoms with Gasteiger partial charge in [-0.15, -0.1) is 0 Å². The predicted octanol–water partition coefficient (Wildman–Crippen LogP) is 2.65. The monoisotopic (exact) mass is 274 g/mol. The average Bonchev–Trinajstić information content (AvgIpc) is 2.89. The van der Waals surface area contributed by atoms with E-state index >= 15 is 0 Å². The fourth-order valence-corrected chi connectivity index (χ4v) is 3.38. The normalized spacial score (nSPS) is 28.2. The molecule has 2 N–H and O–H groups in total. The Labute approximate surface area is 119 Å². The van der Waals surface area contributed by atoms with E-state index in [1.165, 1.54) is 11.1 Å². The Morgan fingerprint density at radius 3 is 2.55 bits per heavy atom. The highest BCUT2D eigenvalue weighted by molar-refractivity contribution is 5.69. The Bertz CT molecular complexity index is 536. The first-order valence-electron chi connectivity index (χ1n) is 7.19. The molecule has 0 bridgehead atoms. The number of nitrogens with zero attached hydrogens (tertiary/aromatic N) is 1. The van der Waals surface area contributed by atoms with E-state index in [0.29, 0.717) is 24.9 Å². The zero-order valence-corrected chi connectivity index (χ0v) is 12.3. The number of rotatable bonds is 0. The molecule has 1 aromatic rings. The summed E-state index contributed by atoms with van der Waals surface area (Å²) in [6.07, 6.45) is -0.225. The first-order chi connectivity index (χ1) is 9.37. The van der Waals surface area contributed by atoms with Gasteiger partial charge in [0.05, 0.1) is 0 Å². The smallest absolute Gasteiger partial charge is 0.410 e. The molecule has 0 radical (unpaired) electrons. The Morgan fingerprint density at radius 2 is 1.90 bits per heavy atom. The van der Waals surface area contributed by atoms with Crippen LogP contribution in [-0.4, -0.2) is 29.7 Å². The van der Waals surface area contributed by atoms with Gasteiger partial charge in [0.1, 0.15) is 5.60 Å². The summed E-state index contributed by atoms with van der Waals surface area (Å²) < 4.78 is 5.46. The van der Waals surface area contributed by atoms with Crippen LogP contribution < -0.4 is 5.73 Å². The van der Waals surface area contributed by atoms with Gasteiger partial charge in [0.15, 0.2) is 0 Å². The van der Waals surface area contributed by atoms with Crippen molar-refractivity contribution in [1.29, 1.82) is 0 Å². The van der Waals surface area contributed by atoms with Crippen LogP contribution in [0, 0.1) is 5.92 Å². The number of amides is 1. The highest BCUT2D eigenvalue weighted by Crippen LogP contribution is 2.48. The SMILES string of the molecule is CC(C)(C)OC(=O)N1CC2c3ccccc3C(N)C2C1. The van der Waals surface area contributed by atoms with Crippen molar-refractivity contribution in [2.24, 2.45) is 11.7 Å². The minimum absolute atomic E-state index is 0.0311. The van der Waals surface area contributed by atoms with E-state index in [9.17, 15) is 4.79 Å². The summed E-state index contributed by atoms with van der Waals surface area (Å²) in [5.41, 5.74) is 8.44. The number of carbonyl (C=O) groups is 1. The van der Waals surface area contributed by atoms with E-state index in [1.54, 1.807) is 4.90 Å². The Hall–Kier alpha value is -1.55. The van der Waals surface area contributed by atoms with E-state index < -0.39 is 5.60 Å². The second-order valence-corrected chi connectivity index (χ2v) is 6.81. The van der Waals surface area contributed by atoms with Crippen molar-refractivity contribution in [3.8, 4) is 0 Å². The third-order valence-corrected chi connectivity index (χ3v) is 4.23. The second-order valence-electron chi connectivity index (χ2n) is 6.81. The third kappa shape index (κ3) is 2.18. The zero-order chi connectivity index (χ0) is 14.5. The lowest BCUT2D eigenvalue weighted by Gasteiger charge is -2.25. The Morgan fingerprint density at radius 1 is 1.25 bits per heavy atom. The first-order valence-corrected chi connectivity index (χ1v) is 7.19. The molecule has 1 heterocycles. The van der Waals surface area contributed by atoms with Crippen LogP contribution in [0.15, 0.2) is 24.3 Å². The lowest BCUT2D eigenvalue weighted by molar-refractivity contribution is 0.0284. The molecular formula is C16H22N2O2. The minimum Gasteiger partial charge on any atom is -0.444 e. The number of ether oxygens (including phenoxy) is 1. The summed E-state index contributed by atoms with van der Waals surface area (Å²) in [6, 6.07) is 8.35. The van der Waals surface area contributed by atoms with Crippen molar-refractivity contribution in [3.05, 3.63) is 35.4 Å². The maximum Gasteiger partial charge on any atom is 0.410 e. The van der Waals surface area contributed by atoms with Gasteiger partial charge in [-0.3, -0.25) is 0 Å². The molecule has 0 aromatic heterocycles. The minimum atomic E-state index is -0.450. The molecule has 20 heavy (non-hydrogen) atoms. The molecule has 108 valence electrons. The molecule has 3 atom stereocenters. The Kier molecular flexibility index (Phi) is 3.01. The van der Waals surface area contributed by atoms with Gasteiger partial charge >= 0.3 is 6.09 Å². The fourth-order valence-electron chi connectivity index (χ4n) is 3.38. The zero-order valence-electron chi connectivity index (χ0n) is 12.3. The van der Waals surface area contributed by atoms with Gasteiger partial charge in [0, 0.05) is 31.0 Å². The second kappa shape index (κ2) is 4.48. The van der Waals surface area contributed by atoms with Gasteiger partial charge in [-0.2, -0.15) is 0 Å². The summed E-state index contributed by atoms with van der Waals surface area (Å²) in [4.78, 5) is 14.0. The molecule has 3 rings (SSSR count). The van der Waals surface area contributed by atoms with Gasteiger partial charge in [-0.1, -0.05) is 24.3 Å². The number of nitrogens with two attached hydrogens (primary N) is 1. The van der Waals surface area contributed by atoms with Crippen molar-refractivity contribution >= 4 is 6.09 Å². The number of hydrogen-bond donors (Lipinski definition) is 1. The molecule has 4 heteroatoms. The van der Waals surface area contributed by atoms with Crippen LogP contribution in [0.25, 0.3) is 0 Å². The fraction of sp³-hybridized carbons (Fsp3) is 0.562. The van der Waals surface area contributed by atoms with E-state index in [1.807, 2.05) is 32.9 Å². The molecule has 2 aliphatic rings. The maximum atomic E-state index is 12.2. The highest BCUT2D eigenvalue weighted by Gasteiger charge is 2.46. The topological polar surface area (TPSA) is 55.6 Å². The van der Waals surface area contributed by atoms with E-state index in [0.717, 1.165) is 0 Å². The number of benzene rings is 1. The standard InChI is InChI=1S/C16H22N2O2/c1-16(2,3)20-15(19)18-8-12-10-6-4-5-7-11(10)14(17)13(12)9-18/h4-7,12-14H,8-9,17H2,1-3H3. The molecule has 1 saturated heterocycles. The largest absolute Gasteiger partial charge is 0.444 e.